The van der Waals surface area contributed by atoms with Crippen molar-refractivity contribution < 1.29 is 49.3 Å². The molecule has 1 aliphatic rings. The van der Waals surface area contributed by atoms with Gasteiger partial charge in [-0.15, -0.1) is 0 Å². The summed E-state index contributed by atoms with van der Waals surface area (Å²) in [5.41, 5.74) is 0. The molecule has 1 aliphatic heterocycles. The van der Waals surface area contributed by atoms with Gasteiger partial charge in [-0.05, 0) is 77.0 Å². The summed E-state index contributed by atoms with van der Waals surface area (Å²) < 4.78 is 17.5. The van der Waals surface area contributed by atoms with Crippen molar-refractivity contribution in [2.45, 2.75) is 294 Å². The molecule has 1 saturated heterocycles. The quantitative estimate of drug-likeness (QED) is 0.0196. The third-order valence-corrected chi connectivity index (χ3v) is 13.0. The van der Waals surface area contributed by atoms with Gasteiger partial charge in [0.15, 0.2) is 12.4 Å². The molecule has 0 spiro atoms. The molecule has 1 amide bonds. The molecule has 1 heterocycles. The van der Waals surface area contributed by atoms with Crippen molar-refractivity contribution >= 4 is 11.9 Å². The first-order chi connectivity index (χ1) is 32.7. The Kier molecular flexibility index (Phi) is 42.3. The molecule has 0 aromatic rings. The second-order valence-electron chi connectivity index (χ2n) is 19.3. The Balaban J connectivity index is 2.76. The van der Waals surface area contributed by atoms with Crippen LogP contribution in [0.15, 0.2) is 36.5 Å². The Morgan fingerprint density at radius 2 is 0.985 bits per heavy atom. The molecule has 0 bridgehead atoms. The lowest BCUT2D eigenvalue weighted by Crippen LogP contribution is -2.61. The van der Waals surface area contributed by atoms with Crippen molar-refractivity contribution in [3.63, 3.8) is 0 Å². The molecule has 11 nitrogen and oxygen atoms in total. The van der Waals surface area contributed by atoms with Crippen LogP contribution in [-0.2, 0) is 23.8 Å². The zero-order valence-corrected chi connectivity index (χ0v) is 43.0. The summed E-state index contributed by atoms with van der Waals surface area (Å²) in [7, 11) is 0. The highest BCUT2D eigenvalue weighted by Gasteiger charge is 2.47. The number of hydrogen-bond donors (Lipinski definition) is 6. The van der Waals surface area contributed by atoms with Gasteiger partial charge in [0.05, 0.1) is 25.4 Å². The number of aliphatic hydroxyl groups is 5. The van der Waals surface area contributed by atoms with Crippen LogP contribution in [0.4, 0.5) is 0 Å². The van der Waals surface area contributed by atoms with E-state index in [0.717, 1.165) is 77.0 Å². The molecular formula is C56H103NO10. The van der Waals surface area contributed by atoms with Crippen LogP contribution < -0.4 is 5.32 Å². The first kappa shape index (κ1) is 62.9. The van der Waals surface area contributed by atoms with Gasteiger partial charge in [0.2, 0.25) is 5.91 Å². The number of allylic oxidation sites excluding steroid dienone is 5. The molecule has 1 rings (SSSR count). The third-order valence-electron chi connectivity index (χ3n) is 13.0. The summed E-state index contributed by atoms with van der Waals surface area (Å²) in [5, 5.41) is 56.6. The predicted octanol–water partition coefficient (Wildman–Crippen LogP) is 11.9. The van der Waals surface area contributed by atoms with Crippen LogP contribution in [-0.4, -0.2) is 99.6 Å². The van der Waals surface area contributed by atoms with Crippen LogP contribution in [0.1, 0.15) is 245 Å². The lowest BCUT2D eigenvalue weighted by Gasteiger charge is -2.41. The maximum Gasteiger partial charge on any atom is 0.306 e. The minimum absolute atomic E-state index is 0.104. The van der Waals surface area contributed by atoms with Crippen molar-refractivity contribution in [3.8, 4) is 0 Å². The highest BCUT2D eigenvalue weighted by atomic mass is 16.7. The van der Waals surface area contributed by atoms with Gasteiger partial charge in [-0.3, -0.25) is 9.59 Å². The predicted molar refractivity (Wildman–Crippen MR) is 274 cm³/mol. The fourth-order valence-corrected chi connectivity index (χ4v) is 8.52. The maximum absolute atomic E-state index is 13.3. The molecule has 6 N–H and O–H groups in total. The summed E-state index contributed by atoms with van der Waals surface area (Å²) in [4.78, 5) is 26.4. The second-order valence-corrected chi connectivity index (χ2v) is 19.3. The van der Waals surface area contributed by atoms with Crippen molar-refractivity contribution in [2.75, 3.05) is 13.2 Å². The Labute approximate surface area is 409 Å². The molecular weight excluding hydrogens is 847 g/mol. The Morgan fingerprint density at radius 1 is 0.567 bits per heavy atom. The van der Waals surface area contributed by atoms with Gasteiger partial charge in [-0.2, -0.15) is 0 Å². The van der Waals surface area contributed by atoms with Gasteiger partial charge in [0.25, 0.3) is 0 Å². The van der Waals surface area contributed by atoms with E-state index < -0.39 is 67.4 Å². The monoisotopic (exact) mass is 950 g/mol. The van der Waals surface area contributed by atoms with Gasteiger partial charge in [0.1, 0.15) is 24.4 Å². The fourth-order valence-electron chi connectivity index (χ4n) is 8.52. The molecule has 0 aliphatic carbocycles. The van der Waals surface area contributed by atoms with Crippen LogP contribution in [0.2, 0.25) is 0 Å². The smallest absolute Gasteiger partial charge is 0.306 e. The van der Waals surface area contributed by atoms with E-state index in [9.17, 15) is 35.1 Å². The molecule has 0 aromatic carbocycles. The van der Waals surface area contributed by atoms with Gasteiger partial charge in [0, 0.05) is 6.42 Å². The number of carbonyl (C=O) groups is 2. The summed E-state index contributed by atoms with van der Waals surface area (Å²) in [6.45, 7) is 5.73. The Bertz CT molecular complexity index is 1230. The normalized spacial score (nSPS) is 20.3. The summed E-state index contributed by atoms with van der Waals surface area (Å²) >= 11 is 0. The first-order valence-electron chi connectivity index (χ1n) is 27.8. The number of carbonyl (C=O) groups excluding carboxylic acids is 2. The molecule has 8 atom stereocenters. The van der Waals surface area contributed by atoms with E-state index >= 15 is 0 Å². The van der Waals surface area contributed by atoms with Gasteiger partial charge < -0.3 is 45.1 Å². The fraction of sp³-hybridized carbons (Fsp3) is 0.857. The van der Waals surface area contributed by atoms with Crippen molar-refractivity contribution in [1.82, 2.24) is 5.32 Å². The molecule has 0 aromatic heterocycles. The lowest BCUT2D eigenvalue weighted by atomic mass is 9.99. The number of amides is 1. The average molecular weight is 950 g/mol. The number of esters is 1. The highest BCUT2D eigenvalue weighted by molar-refractivity contribution is 5.80. The highest BCUT2D eigenvalue weighted by Crippen LogP contribution is 2.26. The van der Waals surface area contributed by atoms with Crippen molar-refractivity contribution in [3.05, 3.63) is 36.5 Å². The SMILES string of the molecule is CCCCCC/C=C\CCCCCCCCC(O)C(=O)NC(COC1OC(CO)C(O)C(O)C1OC(=O)CCCCC/C=C\CCCCCCCC)C(O)/C=C/CCCCCCCCCCC. The largest absolute Gasteiger partial charge is 0.454 e. The molecule has 0 radical (unpaired) electrons. The van der Waals surface area contributed by atoms with Gasteiger partial charge in [-0.1, -0.05) is 198 Å². The summed E-state index contributed by atoms with van der Waals surface area (Å²) in [6, 6.07) is -1.02. The standard InChI is InChI=1S/C56H103NO10/c1-4-7-10-13-16-19-22-24-26-28-31-34-37-40-43-49(60)55(64)57-47(48(59)42-39-36-33-30-27-21-18-15-12-9-6-3)46-65-56-54(53(63)52(62)50(45-58)66-56)67-51(61)44-41-38-35-32-29-25-23-20-17-14-11-8-5-2/h19,22,25,29,39,42,47-50,52-54,56,58-60,62-63H,4-18,20-21,23-24,26-28,30-38,40-41,43-46H2,1-3H3,(H,57,64)/b22-19-,29-25-,42-39+. The van der Waals surface area contributed by atoms with Gasteiger partial charge in [-0.25, -0.2) is 0 Å². The second kappa shape index (κ2) is 45.0. The van der Waals surface area contributed by atoms with Crippen LogP contribution in [0.25, 0.3) is 0 Å². The third kappa shape index (κ3) is 34.0. The van der Waals surface area contributed by atoms with E-state index in [0.29, 0.717) is 12.8 Å². The van der Waals surface area contributed by atoms with E-state index in [1.165, 1.54) is 122 Å². The van der Waals surface area contributed by atoms with Crippen LogP contribution in [0, 0.1) is 0 Å². The number of rotatable bonds is 46. The van der Waals surface area contributed by atoms with E-state index in [-0.39, 0.29) is 19.4 Å². The van der Waals surface area contributed by atoms with Gasteiger partial charge >= 0.3 is 5.97 Å². The van der Waals surface area contributed by atoms with E-state index in [1.54, 1.807) is 6.08 Å². The van der Waals surface area contributed by atoms with Crippen molar-refractivity contribution in [1.29, 1.82) is 0 Å². The minimum atomic E-state index is -1.62. The van der Waals surface area contributed by atoms with Crippen molar-refractivity contribution in [2.24, 2.45) is 0 Å². The molecule has 11 heteroatoms. The topological polar surface area (TPSA) is 175 Å². The molecule has 8 unspecified atom stereocenters. The van der Waals surface area contributed by atoms with Crippen LogP contribution in [0.3, 0.4) is 0 Å². The van der Waals surface area contributed by atoms with Crippen LogP contribution in [0.5, 0.6) is 0 Å². The summed E-state index contributed by atoms with van der Waals surface area (Å²) in [5.74, 6) is -1.21. The lowest BCUT2D eigenvalue weighted by molar-refractivity contribution is -0.305. The number of ether oxygens (including phenoxy) is 3. The average Bonchev–Trinajstić information content (AvgIpc) is 3.32. The van der Waals surface area contributed by atoms with Crippen LogP contribution >= 0.6 is 0 Å². The molecule has 1 fully saturated rings. The minimum Gasteiger partial charge on any atom is -0.454 e. The van der Waals surface area contributed by atoms with E-state index in [4.69, 9.17) is 14.2 Å². The maximum atomic E-state index is 13.3. The number of unbranched alkanes of at least 4 members (excludes halogenated alkanes) is 28. The zero-order valence-electron chi connectivity index (χ0n) is 43.0. The number of nitrogens with one attached hydrogen (secondary N) is 1. The Hall–Kier alpha value is -2.12. The zero-order chi connectivity index (χ0) is 49.0. The number of aliphatic hydroxyl groups excluding tert-OH is 5. The molecule has 67 heavy (non-hydrogen) atoms. The number of hydrogen-bond acceptors (Lipinski definition) is 10. The summed E-state index contributed by atoms with van der Waals surface area (Å²) in [6.07, 6.45) is 40.5. The molecule has 392 valence electrons. The van der Waals surface area contributed by atoms with E-state index in [2.05, 4.69) is 50.4 Å². The Morgan fingerprint density at radius 3 is 1.46 bits per heavy atom. The van der Waals surface area contributed by atoms with E-state index in [1.807, 2.05) is 6.08 Å². The molecule has 0 saturated carbocycles. The first-order valence-corrected chi connectivity index (χ1v) is 27.8.